The van der Waals surface area contributed by atoms with Crippen LogP contribution in [0.5, 0.6) is 0 Å². The molecule has 0 aromatic carbocycles. The van der Waals surface area contributed by atoms with Gasteiger partial charge < -0.3 is 10.1 Å². The molecule has 1 saturated heterocycles. The van der Waals surface area contributed by atoms with Crippen LogP contribution in [0.1, 0.15) is 40.5 Å². The summed E-state index contributed by atoms with van der Waals surface area (Å²) >= 11 is 0. The quantitative estimate of drug-likeness (QED) is 0.598. The van der Waals surface area contributed by atoms with Crippen molar-refractivity contribution in [3.63, 3.8) is 0 Å². The number of ether oxygens (including phenoxy) is 1. The van der Waals surface area contributed by atoms with Crippen LogP contribution in [0.15, 0.2) is 0 Å². The number of carbonyl (C=O) groups is 1. The predicted molar refractivity (Wildman–Crippen MR) is 82.7 cm³/mol. The van der Waals surface area contributed by atoms with Crippen LogP contribution in [0.25, 0.3) is 0 Å². The van der Waals surface area contributed by atoms with E-state index < -0.39 is 0 Å². The number of hydrogen-bond donors (Lipinski definition) is 1. The highest BCUT2D eigenvalue weighted by molar-refractivity contribution is 5.69. The van der Waals surface area contributed by atoms with E-state index in [0.717, 1.165) is 26.1 Å². The SMILES string of the molecule is CCOC(=O)CC1CC(NCC(C)(C)C)CN(CC#N)C1. The van der Waals surface area contributed by atoms with Gasteiger partial charge in [-0.15, -0.1) is 0 Å². The van der Waals surface area contributed by atoms with Gasteiger partial charge in [0.15, 0.2) is 0 Å². The Hall–Kier alpha value is -1.12. The van der Waals surface area contributed by atoms with E-state index in [2.05, 4.69) is 37.1 Å². The lowest BCUT2D eigenvalue weighted by atomic mass is 9.90. The topological polar surface area (TPSA) is 65.4 Å². The number of likely N-dealkylation sites (tertiary alicyclic amines) is 1. The minimum absolute atomic E-state index is 0.129. The Labute approximate surface area is 128 Å². The van der Waals surface area contributed by atoms with E-state index in [-0.39, 0.29) is 17.3 Å². The fourth-order valence-corrected chi connectivity index (χ4v) is 2.73. The third-order valence-corrected chi connectivity index (χ3v) is 3.59. The summed E-state index contributed by atoms with van der Waals surface area (Å²) in [4.78, 5) is 13.8. The van der Waals surface area contributed by atoms with E-state index >= 15 is 0 Å². The average Bonchev–Trinajstić information content (AvgIpc) is 2.36. The number of carbonyl (C=O) groups excluding carboxylic acids is 1. The van der Waals surface area contributed by atoms with Crippen LogP contribution in [0.3, 0.4) is 0 Å². The normalized spacial score (nSPS) is 23.6. The summed E-state index contributed by atoms with van der Waals surface area (Å²) < 4.78 is 5.05. The summed E-state index contributed by atoms with van der Waals surface area (Å²) in [7, 11) is 0. The van der Waals surface area contributed by atoms with Gasteiger partial charge in [0.25, 0.3) is 0 Å². The summed E-state index contributed by atoms with van der Waals surface area (Å²) in [5.74, 6) is 0.138. The van der Waals surface area contributed by atoms with Crippen molar-refractivity contribution in [2.24, 2.45) is 11.3 Å². The fourth-order valence-electron chi connectivity index (χ4n) is 2.73. The van der Waals surface area contributed by atoms with Crippen molar-refractivity contribution in [1.29, 1.82) is 5.26 Å². The molecule has 1 heterocycles. The van der Waals surface area contributed by atoms with Crippen LogP contribution in [-0.4, -0.2) is 49.7 Å². The molecular weight excluding hydrogens is 266 g/mol. The van der Waals surface area contributed by atoms with Gasteiger partial charge in [-0.2, -0.15) is 5.26 Å². The van der Waals surface area contributed by atoms with E-state index in [1.807, 2.05) is 6.92 Å². The van der Waals surface area contributed by atoms with E-state index in [1.165, 1.54) is 0 Å². The third kappa shape index (κ3) is 7.45. The molecule has 1 rings (SSSR count). The number of rotatable bonds is 6. The number of nitriles is 1. The van der Waals surface area contributed by atoms with Crippen LogP contribution in [0.4, 0.5) is 0 Å². The van der Waals surface area contributed by atoms with Crippen LogP contribution in [0, 0.1) is 22.7 Å². The summed E-state index contributed by atoms with van der Waals surface area (Å²) in [5.41, 5.74) is 0.230. The Bertz CT molecular complexity index is 371. The lowest BCUT2D eigenvalue weighted by molar-refractivity contribution is -0.144. The van der Waals surface area contributed by atoms with E-state index in [4.69, 9.17) is 10.00 Å². The molecule has 1 fully saturated rings. The van der Waals surface area contributed by atoms with Crippen LogP contribution >= 0.6 is 0 Å². The van der Waals surface area contributed by atoms with Gasteiger partial charge in [-0.25, -0.2) is 0 Å². The molecule has 5 nitrogen and oxygen atoms in total. The molecule has 5 heteroatoms. The van der Waals surface area contributed by atoms with Crippen molar-refractivity contribution in [3.05, 3.63) is 0 Å². The van der Waals surface area contributed by atoms with Gasteiger partial charge in [0.05, 0.1) is 19.2 Å². The first-order valence-electron chi connectivity index (χ1n) is 7.82. The van der Waals surface area contributed by atoms with Crippen molar-refractivity contribution in [1.82, 2.24) is 10.2 Å². The van der Waals surface area contributed by atoms with Crippen molar-refractivity contribution >= 4 is 5.97 Å². The van der Waals surface area contributed by atoms with Gasteiger partial charge in [-0.05, 0) is 24.7 Å². The standard InChI is InChI=1S/C16H29N3O2/c1-5-21-15(20)9-13-8-14(18-12-16(2,3)4)11-19(10-13)7-6-17/h13-14,18H,5,7-12H2,1-4H3. The Morgan fingerprint density at radius 3 is 2.71 bits per heavy atom. The molecule has 2 unspecified atom stereocenters. The van der Waals surface area contributed by atoms with Crippen LogP contribution < -0.4 is 5.32 Å². The molecular formula is C16H29N3O2. The first-order chi connectivity index (χ1) is 9.84. The number of nitrogens with one attached hydrogen (secondary N) is 1. The van der Waals surface area contributed by atoms with Crippen molar-refractivity contribution in [3.8, 4) is 6.07 Å². The summed E-state index contributed by atoms with van der Waals surface area (Å²) in [6, 6.07) is 2.55. The molecule has 0 aliphatic carbocycles. The van der Waals surface area contributed by atoms with Crippen molar-refractivity contribution in [2.45, 2.75) is 46.6 Å². The lowest BCUT2D eigenvalue weighted by Crippen LogP contribution is -2.51. The van der Waals surface area contributed by atoms with Gasteiger partial charge in [-0.3, -0.25) is 9.69 Å². The highest BCUT2D eigenvalue weighted by atomic mass is 16.5. The molecule has 2 atom stereocenters. The van der Waals surface area contributed by atoms with Gasteiger partial charge >= 0.3 is 5.97 Å². The maximum absolute atomic E-state index is 11.7. The van der Waals surface area contributed by atoms with Gasteiger partial charge in [-0.1, -0.05) is 20.8 Å². The van der Waals surface area contributed by atoms with E-state index in [1.54, 1.807) is 0 Å². The van der Waals surface area contributed by atoms with E-state index in [0.29, 0.717) is 25.6 Å². The first kappa shape index (κ1) is 17.9. The lowest BCUT2D eigenvalue weighted by Gasteiger charge is -2.38. The highest BCUT2D eigenvalue weighted by Gasteiger charge is 2.29. The second-order valence-electron chi connectivity index (χ2n) is 7.10. The Morgan fingerprint density at radius 1 is 1.43 bits per heavy atom. The zero-order valence-electron chi connectivity index (χ0n) is 13.8. The molecule has 1 aliphatic rings. The maximum Gasteiger partial charge on any atom is 0.306 e. The Kier molecular flexibility index (Phi) is 7.13. The summed E-state index contributed by atoms with van der Waals surface area (Å²) in [6.45, 7) is 11.9. The molecule has 0 amide bonds. The van der Waals surface area contributed by atoms with Gasteiger partial charge in [0.1, 0.15) is 0 Å². The van der Waals surface area contributed by atoms with Crippen LogP contribution in [0.2, 0.25) is 0 Å². The molecule has 1 N–H and O–H groups in total. The second kappa shape index (κ2) is 8.35. The Morgan fingerprint density at radius 2 is 2.14 bits per heavy atom. The first-order valence-corrected chi connectivity index (χ1v) is 7.82. The highest BCUT2D eigenvalue weighted by Crippen LogP contribution is 2.21. The predicted octanol–water partition coefficient (Wildman–Crippen LogP) is 1.79. The second-order valence-corrected chi connectivity index (χ2v) is 7.10. The minimum Gasteiger partial charge on any atom is -0.466 e. The van der Waals surface area contributed by atoms with Crippen molar-refractivity contribution in [2.75, 3.05) is 32.8 Å². The zero-order valence-corrected chi connectivity index (χ0v) is 13.8. The smallest absolute Gasteiger partial charge is 0.306 e. The monoisotopic (exact) mass is 295 g/mol. The molecule has 0 aromatic heterocycles. The van der Waals surface area contributed by atoms with Gasteiger partial charge in [0.2, 0.25) is 0 Å². The number of piperidine rings is 1. The average molecular weight is 295 g/mol. The molecule has 120 valence electrons. The summed E-state index contributed by atoms with van der Waals surface area (Å²) in [6.07, 6.45) is 1.42. The summed E-state index contributed by atoms with van der Waals surface area (Å²) in [5, 5.41) is 12.5. The number of esters is 1. The molecule has 1 aliphatic heterocycles. The maximum atomic E-state index is 11.7. The molecule has 0 spiro atoms. The zero-order chi connectivity index (χ0) is 15.9. The van der Waals surface area contributed by atoms with E-state index in [9.17, 15) is 4.79 Å². The Balaban J connectivity index is 2.55. The number of hydrogen-bond acceptors (Lipinski definition) is 5. The van der Waals surface area contributed by atoms with Gasteiger partial charge in [0, 0.05) is 32.1 Å². The molecule has 21 heavy (non-hydrogen) atoms. The fraction of sp³-hybridized carbons (Fsp3) is 0.875. The number of nitrogens with zero attached hydrogens (tertiary/aromatic N) is 2. The van der Waals surface area contributed by atoms with Crippen molar-refractivity contribution < 1.29 is 9.53 Å². The molecule has 0 bridgehead atoms. The largest absolute Gasteiger partial charge is 0.466 e. The molecule has 0 radical (unpaired) electrons. The third-order valence-electron chi connectivity index (χ3n) is 3.59. The van der Waals surface area contributed by atoms with Crippen LogP contribution in [-0.2, 0) is 9.53 Å². The molecule has 0 aromatic rings. The molecule has 0 saturated carbocycles. The minimum atomic E-state index is -0.129.